The number of aromatic amines is 1. The van der Waals surface area contributed by atoms with Crippen LogP contribution in [0.3, 0.4) is 0 Å². The molecule has 0 unspecified atom stereocenters. The summed E-state index contributed by atoms with van der Waals surface area (Å²) in [6.45, 7) is 3.67. The third-order valence-electron chi connectivity index (χ3n) is 5.71. The summed E-state index contributed by atoms with van der Waals surface area (Å²) in [5.41, 5.74) is 0.455. The Bertz CT molecular complexity index is 1420. The first-order chi connectivity index (χ1) is 16.0. The van der Waals surface area contributed by atoms with Gasteiger partial charge in [0.15, 0.2) is 0 Å². The first-order valence-corrected chi connectivity index (χ1v) is 11.8. The van der Waals surface area contributed by atoms with E-state index in [0.717, 1.165) is 38.4 Å². The number of H-pyrrole nitrogens is 1. The fourth-order valence-corrected chi connectivity index (χ4v) is 5.56. The van der Waals surface area contributed by atoms with Crippen molar-refractivity contribution in [1.29, 1.82) is 0 Å². The first-order valence-electron chi connectivity index (χ1n) is 10.2. The van der Waals surface area contributed by atoms with Crippen molar-refractivity contribution in [3.63, 3.8) is 0 Å². The van der Waals surface area contributed by atoms with Gasteiger partial charge in [-0.2, -0.15) is 13.2 Å². The number of hydrogen-bond acceptors (Lipinski definition) is 2. The summed E-state index contributed by atoms with van der Waals surface area (Å²) in [5.74, 6) is -0.0200. The highest BCUT2D eigenvalue weighted by molar-refractivity contribution is 9.11. The second-order valence-corrected chi connectivity index (χ2v) is 10.1. The molecular weight excluding hydrogens is 580 g/mol. The maximum absolute atomic E-state index is 14.6. The molecule has 0 aliphatic carbocycles. The molecule has 1 N–H and O–H groups in total. The quantitative estimate of drug-likeness (QED) is 0.235. The molecule has 0 fully saturated rings. The number of nitrogens with one attached hydrogen (secondary N) is 1. The Morgan fingerprint density at radius 2 is 1.62 bits per heavy atom. The molecule has 0 atom stereocenters. The fourth-order valence-electron chi connectivity index (χ4n) is 4.18. The van der Waals surface area contributed by atoms with E-state index in [9.17, 15) is 17.6 Å². The third-order valence-corrected chi connectivity index (χ3v) is 7.04. The molecule has 9 heteroatoms. The van der Waals surface area contributed by atoms with Crippen LogP contribution in [0.1, 0.15) is 25.1 Å². The van der Waals surface area contributed by atoms with Crippen molar-refractivity contribution in [1.82, 2.24) is 9.97 Å². The van der Waals surface area contributed by atoms with Crippen LogP contribution in [0.2, 0.25) is 0 Å². The van der Waals surface area contributed by atoms with Gasteiger partial charge >= 0.3 is 6.18 Å². The van der Waals surface area contributed by atoms with Gasteiger partial charge in [-0.1, -0.05) is 18.2 Å². The number of imidazole rings is 1. The Kier molecular flexibility index (Phi) is 5.40. The number of benzene rings is 3. The van der Waals surface area contributed by atoms with Crippen LogP contribution < -0.4 is 4.74 Å². The van der Waals surface area contributed by atoms with E-state index >= 15 is 0 Å². The molecule has 174 valence electrons. The maximum Gasteiger partial charge on any atom is 0.417 e. The van der Waals surface area contributed by atoms with Gasteiger partial charge in [0.05, 0.1) is 17.0 Å². The first kappa shape index (κ1) is 23.1. The minimum absolute atomic E-state index is 0.0766. The van der Waals surface area contributed by atoms with Crippen LogP contribution in [0.4, 0.5) is 17.6 Å². The van der Waals surface area contributed by atoms with Crippen LogP contribution in [0, 0.1) is 5.82 Å². The lowest BCUT2D eigenvalue weighted by molar-refractivity contribution is -0.137. The van der Waals surface area contributed by atoms with Crippen molar-refractivity contribution in [2.45, 2.75) is 25.6 Å². The summed E-state index contributed by atoms with van der Waals surface area (Å²) in [5, 5.41) is 0. The smallest absolute Gasteiger partial charge is 0.417 e. The van der Waals surface area contributed by atoms with Gasteiger partial charge in [0.2, 0.25) is 0 Å². The van der Waals surface area contributed by atoms with Gasteiger partial charge in [0.25, 0.3) is 0 Å². The lowest BCUT2D eigenvalue weighted by atomic mass is 9.92. The predicted molar refractivity (Wildman–Crippen MR) is 129 cm³/mol. The summed E-state index contributed by atoms with van der Waals surface area (Å²) in [7, 11) is 0. The van der Waals surface area contributed by atoms with E-state index in [1.165, 1.54) is 12.1 Å². The Balaban J connectivity index is 1.69. The van der Waals surface area contributed by atoms with Crippen LogP contribution in [-0.2, 0) is 11.8 Å². The van der Waals surface area contributed by atoms with Crippen LogP contribution in [0.5, 0.6) is 5.75 Å². The van der Waals surface area contributed by atoms with Gasteiger partial charge < -0.3 is 9.72 Å². The van der Waals surface area contributed by atoms with Gasteiger partial charge in [-0.05, 0) is 87.7 Å². The normalized spacial score (nSPS) is 14.4. The molecule has 0 amide bonds. The number of halogens is 6. The Morgan fingerprint density at radius 1 is 0.941 bits per heavy atom. The Morgan fingerprint density at radius 3 is 2.29 bits per heavy atom. The zero-order valence-electron chi connectivity index (χ0n) is 17.8. The van der Waals surface area contributed by atoms with E-state index in [-0.39, 0.29) is 5.56 Å². The molecule has 1 aromatic heterocycles. The van der Waals surface area contributed by atoms with E-state index in [1.54, 1.807) is 6.07 Å². The number of alkyl halides is 3. The Hall–Kier alpha value is -2.65. The molecule has 0 radical (unpaired) electrons. The standard InChI is InChI=1S/C25H16Br2F4N2O/c1-24(2)22-21(32-23(33-22)20-15(26)6-4-7-16(20)27)13-10-9-12(11-18(13)34-24)19-14(25(29,30)31)5-3-8-17(19)28/h3-11H,1-2H3,(H,32,33). The Labute approximate surface area is 209 Å². The average Bonchev–Trinajstić information content (AvgIpc) is 3.18. The topological polar surface area (TPSA) is 37.9 Å². The molecule has 3 aromatic carbocycles. The van der Waals surface area contributed by atoms with Gasteiger partial charge in [-0.15, -0.1) is 0 Å². The minimum atomic E-state index is -4.70. The summed E-state index contributed by atoms with van der Waals surface area (Å²) in [6.07, 6.45) is -4.70. The van der Waals surface area contributed by atoms with Crippen molar-refractivity contribution in [2.24, 2.45) is 0 Å². The zero-order valence-corrected chi connectivity index (χ0v) is 21.0. The third kappa shape index (κ3) is 3.75. The van der Waals surface area contributed by atoms with E-state index in [1.807, 2.05) is 32.0 Å². The van der Waals surface area contributed by atoms with Crippen molar-refractivity contribution in [3.05, 3.63) is 80.6 Å². The molecule has 1 aliphatic rings. The van der Waals surface area contributed by atoms with Crippen molar-refractivity contribution >= 4 is 31.9 Å². The summed E-state index contributed by atoms with van der Waals surface area (Å²) in [4.78, 5) is 8.15. The van der Waals surface area contributed by atoms with Gasteiger partial charge in [-0.25, -0.2) is 9.37 Å². The van der Waals surface area contributed by atoms with Crippen LogP contribution in [0.25, 0.3) is 33.8 Å². The number of fused-ring (bicyclic) bond motifs is 3. The highest BCUT2D eigenvalue weighted by Gasteiger charge is 2.38. The monoisotopic (exact) mass is 594 g/mol. The lowest BCUT2D eigenvalue weighted by Crippen LogP contribution is -2.29. The van der Waals surface area contributed by atoms with Crippen molar-refractivity contribution < 1.29 is 22.3 Å². The number of hydrogen-bond donors (Lipinski definition) is 1. The number of aromatic nitrogens is 2. The SMILES string of the molecule is CC1(C)Oc2cc(-c3c(F)cccc3C(F)(F)F)ccc2-c2nc(-c3c(Br)cccc3Br)[nH]c21. The lowest BCUT2D eigenvalue weighted by Gasteiger charge is -2.32. The molecule has 4 aromatic rings. The van der Waals surface area contributed by atoms with Crippen LogP contribution >= 0.6 is 31.9 Å². The molecule has 0 saturated carbocycles. The number of rotatable bonds is 2. The number of ether oxygens (including phenoxy) is 1. The highest BCUT2D eigenvalue weighted by Crippen LogP contribution is 2.48. The van der Waals surface area contributed by atoms with Gasteiger partial charge in [0.1, 0.15) is 23.0 Å². The molecule has 1 aliphatic heterocycles. The molecule has 0 bridgehead atoms. The summed E-state index contributed by atoms with van der Waals surface area (Å²) < 4.78 is 63.2. The van der Waals surface area contributed by atoms with Crippen LogP contribution in [-0.4, -0.2) is 9.97 Å². The zero-order chi connectivity index (χ0) is 24.4. The molecule has 34 heavy (non-hydrogen) atoms. The fraction of sp³-hybridized carbons (Fsp3) is 0.160. The number of nitrogens with zero attached hydrogens (tertiary/aromatic N) is 1. The second-order valence-electron chi connectivity index (χ2n) is 8.39. The largest absolute Gasteiger partial charge is 0.481 e. The molecule has 0 saturated heterocycles. The molecule has 0 spiro atoms. The highest BCUT2D eigenvalue weighted by atomic mass is 79.9. The van der Waals surface area contributed by atoms with Gasteiger partial charge in [0, 0.05) is 25.6 Å². The van der Waals surface area contributed by atoms with Crippen molar-refractivity contribution in [2.75, 3.05) is 0 Å². The minimum Gasteiger partial charge on any atom is -0.481 e. The summed E-state index contributed by atoms with van der Waals surface area (Å²) >= 11 is 7.11. The predicted octanol–water partition coefficient (Wildman–Crippen LogP) is 8.72. The molecule has 2 heterocycles. The van der Waals surface area contributed by atoms with E-state index < -0.39 is 28.7 Å². The van der Waals surface area contributed by atoms with E-state index in [4.69, 9.17) is 9.72 Å². The van der Waals surface area contributed by atoms with Crippen molar-refractivity contribution in [3.8, 4) is 39.5 Å². The second kappa shape index (κ2) is 7.95. The molecule has 5 rings (SSSR count). The maximum atomic E-state index is 14.6. The molecular formula is C25H16Br2F4N2O. The van der Waals surface area contributed by atoms with Crippen LogP contribution in [0.15, 0.2) is 63.5 Å². The molecule has 3 nitrogen and oxygen atoms in total. The average molecular weight is 596 g/mol. The van der Waals surface area contributed by atoms with E-state index in [2.05, 4.69) is 36.8 Å². The summed E-state index contributed by atoms with van der Waals surface area (Å²) in [6, 6.07) is 13.1. The van der Waals surface area contributed by atoms with E-state index in [0.29, 0.717) is 22.8 Å². The van der Waals surface area contributed by atoms with Gasteiger partial charge in [-0.3, -0.25) is 0 Å².